The molecule has 3 aromatic heterocycles. The van der Waals surface area contributed by atoms with Gasteiger partial charge in [0, 0.05) is 30.6 Å². The molecule has 2 aliphatic heterocycles. The van der Waals surface area contributed by atoms with Crippen molar-refractivity contribution in [2.45, 2.75) is 24.4 Å². The van der Waals surface area contributed by atoms with E-state index in [-0.39, 0.29) is 24.9 Å². The molecule has 7 rings (SSSR count). The van der Waals surface area contributed by atoms with Crippen LogP contribution in [0.25, 0.3) is 44.9 Å². The fraction of sp³-hybridized carbons (Fsp3) is 0.250. The Morgan fingerprint density at radius 1 is 0.947 bits per heavy atom. The van der Waals surface area contributed by atoms with E-state index in [1.165, 1.54) is 0 Å². The lowest BCUT2D eigenvalue weighted by Gasteiger charge is -2.15. The van der Waals surface area contributed by atoms with Crippen LogP contribution in [0.4, 0.5) is 0 Å². The van der Waals surface area contributed by atoms with E-state index >= 15 is 0 Å². The van der Waals surface area contributed by atoms with Crippen LogP contribution in [0.1, 0.15) is 0 Å². The molecule has 1 unspecified atom stereocenters. The van der Waals surface area contributed by atoms with Crippen molar-refractivity contribution < 1.29 is 19.3 Å². The number of aliphatic hydroxyl groups is 1. The maximum Gasteiger partial charge on any atom is 0.296 e. The van der Waals surface area contributed by atoms with Crippen LogP contribution in [0.5, 0.6) is 6.01 Å². The third kappa shape index (κ3) is 4.04. The van der Waals surface area contributed by atoms with E-state index in [1.807, 2.05) is 29.9 Å². The maximum absolute atomic E-state index is 9.95. The monoisotopic (exact) mass is 529 g/mol. The van der Waals surface area contributed by atoms with Gasteiger partial charge in [-0.1, -0.05) is 60.1 Å². The highest BCUT2D eigenvalue weighted by Crippen LogP contribution is 2.33. The van der Waals surface area contributed by atoms with Crippen molar-refractivity contribution in [3.63, 3.8) is 0 Å². The minimum Gasteiger partial charge on any atom is -0.456 e. The van der Waals surface area contributed by atoms with Crippen LogP contribution >= 0.6 is 11.6 Å². The molecule has 5 heterocycles. The molecule has 0 bridgehead atoms. The molecule has 5 aromatic rings. The second-order valence-corrected chi connectivity index (χ2v) is 9.98. The van der Waals surface area contributed by atoms with E-state index in [9.17, 15) is 5.11 Å². The van der Waals surface area contributed by atoms with Crippen LogP contribution in [-0.2, 0) is 16.5 Å². The average molecular weight is 530 g/mol. The van der Waals surface area contributed by atoms with Crippen LogP contribution in [0.3, 0.4) is 0 Å². The summed E-state index contributed by atoms with van der Waals surface area (Å²) in [5.74, 6) is 0.932. The highest BCUT2D eigenvalue weighted by Gasteiger charge is 2.48. The average Bonchev–Trinajstić information content (AvgIpc) is 3.71. The summed E-state index contributed by atoms with van der Waals surface area (Å²) in [6.07, 6.45) is 2.04. The van der Waals surface area contributed by atoms with Crippen LogP contribution in [0, 0.1) is 0 Å². The molecule has 0 radical (unpaired) electrons. The number of H-pyrrole nitrogens is 1. The summed E-state index contributed by atoms with van der Waals surface area (Å²) >= 11 is 6.62. The summed E-state index contributed by atoms with van der Waals surface area (Å²) in [5.41, 5.74) is 5.95. The van der Waals surface area contributed by atoms with Crippen molar-refractivity contribution in [1.82, 2.24) is 24.5 Å². The van der Waals surface area contributed by atoms with Crippen LogP contribution in [0.15, 0.2) is 67.0 Å². The SMILES string of the molecule is Cn1ccnc1-c1ccc(-c2ccc(-c3nc4nc(O[C@@H]5COC6[C@H](O)CO[C@@H]65)[nH]c4cc3Cl)cc2)cc1. The quantitative estimate of drug-likeness (QED) is 0.350. The molecule has 2 N–H and O–H groups in total. The minimum absolute atomic E-state index is 0.241. The highest BCUT2D eigenvalue weighted by molar-refractivity contribution is 6.33. The normalized spacial score (nSPS) is 22.7. The Morgan fingerprint density at radius 3 is 2.34 bits per heavy atom. The number of benzene rings is 2. The van der Waals surface area contributed by atoms with Gasteiger partial charge >= 0.3 is 0 Å². The Balaban J connectivity index is 1.11. The van der Waals surface area contributed by atoms with Gasteiger partial charge < -0.3 is 28.9 Å². The lowest BCUT2D eigenvalue weighted by molar-refractivity contribution is 0.00706. The van der Waals surface area contributed by atoms with E-state index in [1.54, 1.807) is 12.3 Å². The third-order valence-corrected chi connectivity index (χ3v) is 7.39. The second kappa shape index (κ2) is 9.21. The molecule has 10 heteroatoms. The number of hydrogen-bond acceptors (Lipinski definition) is 7. The Bertz CT molecular complexity index is 1620. The topological polar surface area (TPSA) is 107 Å². The summed E-state index contributed by atoms with van der Waals surface area (Å²) in [7, 11) is 1.98. The van der Waals surface area contributed by atoms with Gasteiger partial charge in [0.25, 0.3) is 6.01 Å². The number of aryl methyl sites for hydroxylation is 1. The molecule has 38 heavy (non-hydrogen) atoms. The lowest BCUT2D eigenvalue weighted by Crippen LogP contribution is -2.34. The second-order valence-electron chi connectivity index (χ2n) is 9.57. The van der Waals surface area contributed by atoms with E-state index in [0.29, 0.717) is 34.5 Å². The van der Waals surface area contributed by atoms with Gasteiger partial charge in [0.1, 0.15) is 24.1 Å². The number of nitrogens with zero attached hydrogens (tertiary/aromatic N) is 4. The molecule has 0 saturated carbocycles. The zero-order chi connectivity index (χ0) is 25.8. The number of pyridine rings is 1. The Hall–Kier alpha value is -3.76. The van der Waals surface area contributed by atoms with Gasteiger partial charge in [0.05, 0.1) is 29.4 Å². The number of fused-ring (bicyclic) bond motifs is 2. The molecular formula is C28H24ClN5O4. The molecule has 9 nitrogen and oxygen atoms in total. The molecule has 0 spiro atoms. The highest BCUT2D eigenvalue weighted by atomic mass is 35.5. The number of nitrogens with one attached hydrogen (secondary N) is 1. The van der Waals surface area contributed by atoms with Crippen molar-refractivity contribution in [2.75, 3.05) is 13.2 Å². The molecule has 192 valence electrons. The molecule has 2 aromatic carbocycles. The first-order chi connectivity index (χ1) is 18.5. The summed E-state index contributed by atoms with van der Waals surface area (Å²) in [6.45, 7) is 0.561. The first-order valence-electron chi connectivity index (χ1n) is 12.4. The van der Waals surface area contributed by atoms with E-state index in [2.05, 4.69) is 51.4 Å². The van der Waals surface area contributed by atoms with E-state index < -0.39 is 6.10 Å². The van der Waals surface area contributed by atoms with E-state index in [0.717, 1.165) is 28.1 Å². The summed E-state index contributed by atoms with van der Waals surface area (Å²) in [5, 5.41) is 10.5. The molecule has 2 aliphatic rings. The summed E-state index contributed by atoms with van der Waals surface area (Å²) in [6, 6.07) is 18.6. The molecule has 4 atom stereocenters. The lowest BCUT2D eigenvalue weighted by atomic mass is 10.0. The van der Waals surface area contributed by atoms with Crippen molar-refractivity contribution in [1.29, 1.82) is 0 Å². The number of halogens is 1. The molecular weight excluding hydrogens is 506 g/mol. The molecule has 0 amide bonds. The third-order valence-electron chi connectivity index (χ3n) is 7.11. The fourth-order valence-corrected chi connectivity index (χ4v) is 5.38. The van der Waals surface area contributed by atoms with Gasteiger partial charge in [-0.25, -0.2) is 9.97 Å². The minimum atomic E-state index is -0.635. The summed E-state index contributed by atoms with van der Waals surface area (Å²) < 4.78 is 19.3. The predicted octanol–water partition coefficient (Wildman–Crippen LogP) is 4.25. The first kappa shape index (κ1) is 23.4. The number of ether oxygens (including phenoxy) is 3. The van der Waals surface area contributed by atoms with E-state index in [4.69, 9.17) is 30.8 Å². The number of imidazole rings is 2. The van der Waals surface area contributed by atoms with Crippen molar-refractivity contribution >= 4 is 22.8 Å². The number of aromatic nitrogens is 5. The fourth-order valence-electron chi connectivity index (χ4n) is 5.12. The molecule has 2 saturated heterocycles. The Kier molecular flexibility index (Phi) is 5.66. The number of aliphatic hydroxyl groups excluding tert-OH is 1. The van der Waals surface area contributed by atoms with Gasteiger partial charge in [-0.2, -0.15) is 4.98 Å². The molecule has 0 aliphatic carbocycles. The van der Waals surface area contributed by atoms with Gasteiger partial charge in [-0.15, -0.1) is 0 Å². The van der Waals surface area contributed by atoms with Gasteiger partial charge in [0.15, 0.2) is 11.8 Å². The van der Waals surface area contributed by atoms with Gasteiger partial charge in [-0.05, 0) is 17.2 Å². The predicted molar refractivity (Wildman–Crippen MR) is 142 cm³/mol. The first-order valence-corrected chi connectivity index (χ1v) is 12.7. The zero-order valence-corrected chi connectivity index (χ0v) is 21.2. The van der Waals surface area contributed by atoms with Crippen molar-refractivity contribution in [2.24, 2.45) is 7.05 Å². The van der Waals surface area contributed by atoms with Crippen molar-refractivity contribution in [3.05, 3.63) is 72.0 Å². The van der Waals surface area contributed by atoms with Gasteiger partial charge in [0.2, 0.25) is 0 Å². The van der Waals surface area contributed by atoms with Crippen LogP contribution in [-0.4, -0.2) is 67.2 Å². The largest absolute Gasteiger partial charge is 0.456 e. The summed E-state index contributed by atoms with van der Waals surface area (Å²) in [4.78, 5) is 16.7. The van der Waals surface area contributed by atoms with Crippen molar-refractivity contribution in [3.8, 4) is 39.8 Å². The standard InChI is InChI=1S/C28H24ClN5O4/c1-34-11-10-30-27(34)18-8-4-16(5-9-18)15-2-6-17(7-3-15)23-19(29)12-20-26(32-23)33-28(31-20)38-22-14-37-24-21(35)13-36-25(22)24/h2-12,21-22,24-25,35H,13-14H2,1H3,(H,31,32,33)/t21-,22-,24?,25-/m1/s1. The number of hydrogen-bond donors (Lipinski definition) is 2. The molecule has 2 fully saturated rings. The Morgan fingerprint density at radius 2 is 1.63 bits per heavy atom. The number of aromatic amines is 1. The van der Waals surface area contributed by atoms with Gasteiger partial charge in [-0.3, -0.25) is 0 Å². The van der Waals surface area contributed by atoms with Crippen LogP contribution in [0.2, 0.25) is 5.02 Å². The van der Waals surface area contributed by atoms with Crippen LogP contribution < -0.4 is 4.74 Å². The zero-order valence-electron chi connectivity index (χ0n) is 20.4. The number of rotatable bonds is 5. The maximum atomic E-state index is 9.95. The Labute approximate surface area is 223 Å². The smallest absolute Gasteiger partial charge is 0.296 e.